The second-order valence-electron chi connectivity index (χ2n) is 4.04. The predicted octanol–water partition coefficient (Wildman–Crippen LogP) is 2.04. The van der Waals surface area contributed by atoms with Gasteiger partial charge in [-0.3, -0.25) is 4.79 Å². The van der Waals surface area contributed by atoms with Crippen molar-refractivity contribution in [2.45, 2.75) is 13.1 Å². The van der Waals surface area contributed by atoms with Gasteiger partial charge < -0.3 is 15.0 Å². The summed E-state index contributed by atoms with van der Waals surface area (Å²) in [4.78, 5) is 11.5. The fourth-order valence-corrected chi connectivity index (χ4v) is 1.89. The van der Waals surface area contributed by atoms with Gasteiger partial charge in [0.1, 0.15) is 12.4 Å². The maximum absolute atomic E-state index is 11.5. The van der Waals surface area contributed by atoms with Gasteiger partial charge in [-0.15, -0.1) is 0 Å². The molecule has 0 spiro atoms. The van der Waals surface area contributed by atoms with E-state index in [0.717, 1.165) is 5.56 Å². The minimum atomic E-state index is -0.0451. The topological polar surface area (TPSA) is 57.2 Å². The summed E-state index contributed by atoms with van der Waals surface area (Å²) in [6.07, 6.45) is 1.73. The standard InChI is InChI=1S/C14H15ClN2O2/c15-12-5-4-11(10-16)13(9-12)19-8-7-17-6-2-1-3-14(17)18/h1-6,9H,7-8,10,16H2. The van der Waals surface area contributed by atoms with E-state index in [0.29, 0.717) is 30.5 Å². The Balaban J connectivity index is 2.02. The van der Waals surface area contributed by atoms with Crippen LogP contribution in [0.1, 0.15) is 5.56 Å². The van der Waals surface area contributed by atoms with Crippen LogP contribution in [0.25, 0.3) is 0 Å². The number of nitrogens with zero attached hydrogens (tertiary/aromatic N) is 1. The van der Waals surface area contributed by atoms with E-state index in [1.807, 2.05) is 12.1 Å². The van der Waals surface area contributed by atoms with Crippen molar-refractivity contribution in [3.8, 4) is 5.75 Å². The fourth-order valence-electron chi connectivity index (χ4n) is 1.73. The molecule has 2 aromatic rings. The Kier molecular flexibility index (Phi) is 4.60. The number of halogens is 1. The minimum Gasteiger partial charge on any atom is -0.491 e. The van der Waals surface area contributed by atoms with Crippen LogP contribution >= 0.6 is 11.6 Å². The molecule has 0 saturated heterocycles. The molecule has 4 nitrogen and oxygen atoms in total. The Morgan fingerprint density at radius 3 is 2.84 bits per heavy atom. The molecule has 0 aliphatic heterocycles. The van der Waals surface area contributed by atoms with Crippen LogP contribution in [0.3, 0.4) is 0 Å². The second-order valence-corrected chi connectivity index (χ2v) is 4.47. The first-order valence-electron chi connectivity index (χ1n) is 5.97. The van der Waals surface area contributed by atoms with Crippen molar-refractivity contribution >= 4 is 11.6 Å². The molecule has 1 heterocycles. The summed E-state index contributed by atoms with van der Waals surface area (Å²) in [6.45, 7) is 1.26. The Hall–Kier alpha value is -1.78. The van der Waals surface area contributed by atoms with E-state index in [9.17, 15) is 4.79 Å². The van der Waals surface area contributed by atoms with Gasteiger partial charge in [0.25, 0.3) is 5.56 Å². The molecule has 0 amide bonds. The van der Waals surface area contributed by atoms with E-state index >= 15 is 0 Å². The highest BCUT2D eigenvalue weighted by Crippen LogP contribution is 2.22. The zero-order valence-corrected chi connectivity index (χ0v) is 11.1. The van der Waals surface area contributed by atoms with Gasteiger partial charge in [-0.1, -0.05) is 23.7 Å². The molecule has 0 bridgehead atoms. The van der Waals surface area contributed by atoms with E-state index in [2.05, 4.69) is 0 Å². The zero-order valence-electron chi connectivity index (χ0n) is 10.4. The first kappa shape index (κ1) is 13.6. The first-order valence-corrected chi connectivity index (χ1v) is 6.35. The number of nitrogens with two attached hydrogens (primary N) is 1. The van der Waals surface area contributed by atoms with Crippen molar-refractivity contribution in [1.82, 2.24) is 4.57 Å². The van der Waals surface area contributed by atoms with E-state index in [4.69, 9.17) is 22.1 Å². The third kappa shape index (κ3) is 3.59. The van der Waals surface area contributed by atoms with Gasteiger partial charge in [0.2, 0.25) is 0 Å². The second kappa shape index (κ2) is 6.41. The first-order chi connectivity index (χ1) is 9.20. The highest BCUT2D eigenvalue weighted by Gasteiger charge is 2.03. The fraction of sp³-hybridized carbons (Fsp3) is 0.214. The maximum Gasteiger partial charge on any atom is 0.250 e. The lowest BCUT2D eigenvalue weighted by Crippen LogP contribution is -2.21. The van der Waals surface area contributed by atoms with Crippen LogP contribution in [-0.2, 0) is 13.1 Å². The van der Waals surface area contributed by atoms with Gasteiger partial charge in [0, 0.05) is 29.4 Å². The number of ether oxygens (including phenoxy) is 1. The molecule has 100 valence electrons. The van der Waals surface area contributed by atoms with Crippen LogP contribution in [-0.4, -0.2) is 11.2 Å². The lowest BCUT2D eigenvalue weighted by Gasteiger charge is -2.11. The summed E-state index contributed by atoms with van der Waals surface area (Å²) >= 11 is 5.92. The van der Waals surface area contributed by atoms with Crippen LogP contribution in [0.2, 0.25) is 5.02 Å². The molecule has 0 unspecified atom stereocenters. The Labute approximate surface area is 116 Å². The molecule has 2 rings (SSSR count). The van der Waals surface area contributed by atoms with Gasteiger partial charge in [-0.25, -0.2) is 0 Å². The van der Waals surface area contributed by atoms with E-state index in [1.54, 1.807) is 29.0 Å². The molecule has 5 heteroatoms. The smallest absolute Gasteiger partial charge is 0.250 e. The molecule has 19 heavy (non-hydrogen) atoms. The van der Waals surface area contributed by atoms with Crippen LogP contribution in [0.5, 0.6) is 5.75 Å². The summed E-state index contributed by atoms with van der Waals surface area (Å²) in [5.41, 5.74) is 6.48. The zero-order chi connectivity index (χ0) is 13.7. The molecule has 0 radical (unpaired) electrons. The average Bonchev–Trinajstić information content (AvgIpc) is 2.41. The van der Waals surface area contributed by atoms with Crippen LogP contribution < -0.4 is 16.0 Å². The summed E-state index contributed by atoms with van der Waals surface area (Å²) < 4.78 is 7.23. The minimum absolute atomic E-state index is 0.0451. The van der Waals surface area contributed by atoms with E-state index < -0.39 is 0 Å². The predicted molar refractivity (Wildman–Crippen MR) is 75.5 cm³/mol. The third-order valence-electron chi connectivity index (χ3n) is 2.74. The van der Waals surface area contributed by atoms with Crippen LogP contribution in [0.15, 0.2) is 47.4 Å². The number of rotatable bonds is 5. The number of pyridine rings is 1. The van der Waals surface area contributed by atoms with Crippen molar-refractivity contribution in [2.75, 3.05) is 6.61 Å². The summed E-state index contributed by atoms with van der Waals surface area (Å²) in [5, 5.41) is 0.601. The van der Waals surface area contributed by atoms with Gasteiger partial charge >= 0.3 is 0 Å². The van der Waals surface area contributed by atoms with Crippen molar-refractivity contribution < 1.29 is 4.74 Å². The van der Waals surface area contributed by atoms with Gasteiger partial charge in [-0.05, 0) is 18.2 Å². The van der Waals surface area contributed by atoms with Gasteiger partial charge in [0.05, 0.1) is 6.54 Å². The Bertz CT molecular complexity index is 610. The molecule has 0 aliphatic carbocycles. The molecule has 2 N–H and O–H groups in total. The van der Waals surface area contributed by atoms with Crippen molar-refractivity contribution in [2.24, 2.45) is 5.73 Å². The highest BCUT2D eigenvalue weighted by molar-refractivity contribution is 6.30. The largest absolute Gasteiger partial charge is 0.491 e. The number of hydrogen-bond acceptors (Lipinski definition) is 3. The third-order valence-corrected chi connectivity index (χ3v) is 2.97. The van der Waals surface area contributed by atoms with Crippen LogP contribution in [0.4, 0.5) is 0 Å². The summed E-state index contributed by atoms with van der Waals surface area (Å²) in [6, 6.07) is 10.4. The van der Waals surface area contributed by atoms with Crippen LogP contribution in [0, 0.1) is 0 Å². The lowest BCUT2D eigenvalue weighted by molar-refractivity contribution is 0.293. The molecule has 0 fully saturated rings. The quantitative estimate of drug-likeness (QED) is 0.910. The van der Waals surface area contributed by atoms with Crippen molar-refractivity contribution in [3.05, 3.63) is 63.5 Å². The SMILES string of the molecule is NCc1ccc(Cl)cc1OCCn1ccccc1=O. The molecular weight excluding hydrogens is 264 g/mol. The molecular formula is C14H15ClN2O2. The lowest BCUT2D eigenvalue weighted by atomic mass is 10.2. The monoisotopic (exact) mass is 278 g/mol. The summed E-state index contributed by atoms with van der Waals surface area (Å²) in [7, 11) is 0. The molecule has 0 atom stereocenters. The van der Waals surface area contributed by atoms with E-state index in [1.165, 1.54) is 6.07 Å². The van der Waals surface area contributed by atoms with Gasteiger partial charge in [-0.2, -0.15) is 0 Å². The normalized spacial score (nSPS) is 10.4. The highest BCUT2D eigenvalue weighted by atomic mass is 35.5. The maximum atomic E-state index is 11.5. The molecule has 1 aromatic heterocycles. The molecule has 0 aliphatic rings. The molecule has 0 saturated carbocycles. The summed E-state index contributed by atoms with van der Waals surface area (Å²) in [5.74, 6) is 0.666. The van der Waals surface area contributed by atoms with E-state index in [-0.39, 0.29) is 5.56 Å². The van der Waals surface area contributed by atoms with Crippen molar-refractivity contribution in [1.29, 1.82) is 0 Å². The molecule has 1 aromatic carbocycles. The number of benzene rings is 1. The number of aromatic nitrogens is 1. The average molecular weight is 279 g/mol. The Morgan fingerprint density at radius 1 is 1.26 bits per heavy atom. The van der Waals surface area contributed by atoms with Crippen molar-refractivity contribution in [3.63, 3.8) is 0 Å². The number of hydrogen-bond donors (Lipinski definition) is 1. The Morgan fingerprint density at radius 2 is 2.11 bits per heavy atom. The van der Waals surface area contributed by atoms with Gasteiger partial charge in [0.15, 0.2) is 0 Å².